The zero-order valence-corrected chi connectivity index (χ0v) is 13.3. The molecule has 21 heavy (non-hydrogen) atoms. The molecule has 0 radical (unpaired) electrons. The lowest BCUT2D eigenvalue weighted by Gasteiger charge is -2.12. The zero-order chi connectivity index (χ0) is 15.0. The number of nitrogens with zero attached hydrogens (tertiary/aromatic N) is 3. The first-order valence-corrected chi connectivity index (χ1v) is 7.87. The van der Waals surface area contributed by atoms with Crippen LogP contribution >= 0.6 is 23.4 Å². The highest BCUT2D eigenvalue weighted by atomic mass is 35.5. The van der Waals surface area contributed by atoms with Crippen LogP contribution < -0.4 is 4.74 Å². The topological polar surface area (TPSA) is 50.8 Å². The van der Waals surface area contributed by atoms with E-state index >= 15 is 0 Å². The molecule has 0 bridgehead atoms. The second kappa shape index (κ2) is 5.63. The summed E-state index contributed by atoms with van der Waals surface area (Å²) < 4.78 is 7.92. The van der Waals surface area contributed by atoms with Gasteiger partial charge in [0.15, 0.2) is 10.9 Å². The Hall–Kier alpha value is -1.64. The molecule has 0 saturated heterocycles. The van der Waals surface area contributed by atoms with E-state index in [1.54, 1.807) is 11.8 Å². The van der Waals surface area contributed by atoms with Gasteiger partial charge in [-0.1, -0.05) is 23.4 Å². The monoisotopic (exact) mass is 319 g/mol. The van der Waals surface area contributed by atoms with Gasteiger partial charge in [0.1, 0.15) is 18.4 Å². The minimum absolute atomic E-state index is 0.315. The molecule has 1 unspecified atom stereocenters. The van der Waals surface area contributed by atoms with Crippen molar-refractivity contribution in [1.82, 2.24) is 9.55 Å². The van der Waals surface area contributed by atoms with E-state index in [1.807, 2.05) is 32.0 Å². The summed E-state index contributed by atoms with van der Waals surface area (Å²) >= 11 is 7.67. The molecule has 108 valence electrons. The summed E-state index contributed by atoms with van der Waals surface area (Å²) in [5.74, 6) is 0.830. The fraction of sp³-hybridized carbons (Fsp3) is 0.333. The average molecular weight is 320 g/mol. The Morgan fingerprint density at radius 1 is 1.52 bits per heavy atom. The van der Waals surface area contributed by atoms with Crippen LogP contribution in [0.4, 0.5) is 0 Å². The summed E-state index contributed by atoms with van der Waals surface area (Å²) in [4.78, 5) is 4.33. The highest BCUT2D eigenvalue weighted by molar-refractivity contribution is 8.00. The van der Waals surface area contributed by atoms with Crippen LogP contribution in [0.3, 0.4) is 0 Å². The summed E-state index contributed by atoms with van der Waals surface area (Å²) in [6.45, 7) is 5.33. The van der Waals surface area contributed by atoms with Gasteiger partial charge >= 0.3 is 0 Å². The molecular formula is C15H14ClN3OS. The third kappa shape index (κ3) is 2.74. The van der Waals surface area contributed by atoms with Gasteiger partial charge in [-0.15, -0.1) is 0 Å². The van der Waals surface area contributed by atoms with E-state index in [0.29, 0.717) is 17.6 Å². The van der Waals surface area contributed by atoms with Gasteiger partial charge in [-0.3, -0.25) is 0 Å². The molecule has 2 aromatic rings. The van der Waals surface area contributed by atoms with Crippen LogP contribution in [0, 0.1) is 25.2 Å². The predicted octanol–water partition coefficient (Wildman–Crippen LogP) is 3.58. The van der Waals surface area contributed by atoms with Crippen molar-refractivity contribution in [3.63, 3.8) is 0 Å². The number of benzene rings is 1. The third-order valence-electron chi connectivity index (χ3n) is 3.52. The van der Waals surface area contributed by atoms with Crippen molar-refractivity contribution in [3.05, 3.63) is 40.2 Å². The first-order chi connectivity index (χ1) is 10.1. The van der Waals surface area contributed by atoms with Gasteiger partial charge in [0.2, 0.25) is 0 Å². The standard InChI is InChI=1S/C15H14ClN3OS/c1-9-5-11(3-4-13(9)16)20-8-12-7-19-10(2)14(6-17)18-15(19)21-12/h3-5,12H,7-8H2,1-2H3. The Labute approximate surface area is 132 Å². The number of rotatable bonds is 3. The molecule has 1 aromatic carbocycles. The summed E-state index contributed by atoms with van der Waals surface area (Å²) in [5, 5.41) is 10.9. The predicted molar refractivity (Wildman–Crippen MR) is 83.0 cm³/mol. The number of hydrogen-bond donors (Lipinski definition) is 0. The van der Waals surface area contributed by atoms with Crippen LogP contribution in [-0.2, 0) is 6.54 Å². The van der Waals surface area contributed by atoms with E-state index in [2.05, 4.69) is 15.6 Å². The van der Waals surface area contributed by atoms with Crippen molar-refractivity contribution < 1.29 is 4.74 Å². The maximum atomic E-state index is 8.97. The molecule has 4 nitrogen and oxygen atoms in total. The number of aromatic nitrogens is 2. The zero-order valence-electron chi connectivity index (χ0n) is 11.8. The van der Waals surface area contributed by atoms with E-state index in [9.17, 15) is 0 Å². The first kappa shape index (κ1) is 14.3. The lowest BCUT2D eigenvalue weighted by atomic mass is 10.2. The van der Waals surface area contributed by atoms with Crippen LogP contribution in [0.5, 0.6) is 5.75 Å². The Morgan fingerprint density at radius 2 is 2.33 bits per heavy atom. The number of nitriles is 1. The Balaban J connectivity index is 1.63. The normalized spacial score (nSPS) is 16.6. The van der Waals surface area contributed by atoms with Crippen molar-refractivity contribution in [2.24, 2.45) is 0 Å². The lowest BCUT2D eigenvalue weighted by Crippen LogP contribution is -2.16. The third-order valence-corrected chi connectivity index (χ3v) is 5.08. The van der Waals surface area contributed by atoms with Gasteiger partial charge in [0, 0.05) is 11.6 Å². The van der Waals surface area contributed by atoms with Gasteiger partial charge in [-0.2, -0.15) is 5.26 Å². The number of imidazole rings is 1. The number of fused-ring (bicyclic) bond motifs is 1. The van der Waals surface area contributed by atoms with Crippen LogP contribution in [0.1, 0.15) is 17.0 Å². The summed E-state index contributed by atoms with van der Waals surface area (Å²) in [5.41, 5.74) is 2.46. The number of ether oxygens (including phenoxy) is 1. The Kier molecular flexibility index (Phi) is 3.83. The molecule has 1 aliphatic rings. The molecule has 1 atom stereocenters. The second-order valence-corrected chi connectivity index (χ2v) is 6.69. The van der Waals surface area contributed by atoms with Gasteiger partial charge in [0.05, 0.1) is 10.9 Å². The molecular weight excluding hydrogens is 306 g/mol. The fourth-order valence-corrected chi connectivity index (χ4v) is 3.55. The van der Waals surface area contributed by atoms with Crippen LogP contribution in [-0.4, -0.2) is 21.4 Å². The Bertz CT molecular complexity index is 735. The van der Waals surface area contributed by atoms with Crippen molar-refractivity contribution in [1.29, 1.82) is 5.26 Å². The number of aryl methyl sites for hydroxylation is 1. The van der Waals surface area contributed by atoms with Crippen molar-refractivity contribution in [2.75, 3.05) is 6.61 Å². The van der Waals surface area contributed by atoms with E-state index in [-0.39, 0.29) is 0 Å². The molecule has 0 aliphatic carbocycles. The van der Waals surface area contributed by atoms with E-state index in [0.717, 1.165) is 33.7 Å². The van der Waals surface area contributed by atoms with Crippen molar-refractivity contribution >= 4 is 23.4 Å². The molecule has 0 spiro atoms. The molecule has 1 aromatic heterocycles. The largest absolute Gasteiger partial charge is 0.492 e. The van der Waals surface area contributed by atoms with Crippen LogP contribution in [0.2, 0.25) is 5.02 Å². The molecule has 3 rings (SSSR count). The van der Waals surface area contributed by atoms with E-state index < -0.39 is 0 Å². The smallest absolute Gasteiger partial charge is 0.170 e. The van der Waals surface area contributed by atoms with Gasteiger partial charge in [-0.25, -0.2) is 4.98 Å². The van der Waals surface area contributed by atoms with Gasteiger partial charge < -0.3 is 9.30 Å². The van der Waals surface area contributed by atoms with E-state index in [4.69, 9.17) is 21.6 Å². The van der Waals surface area contributed by atoms with E-state index in [1.165, 1.54) is 0 Å². The fourth-order valence-electron chi connectivity index (χ4n) is 2.29. The minimum atomic E-state index is 0.315. The van der Waals surface area contributed by atoms with Crippen molar-refractivity contribution in [3.8, 4) is 11.8 Å². The molecule has 2 heterocycles. The molecule has 0 saturated carbocycles. The van der Waals surface area contributed by atoms with Crippen molar-refractivity contribution in [2.45, 2.75) is 30.8 Å². The summed E-state index contributed by atoms with van der Waals surface area (Å²) in [6.07, 6.45) is 0. The maximum absolute atomic E-state index is 8.97. The van der Waals surface area contributed by atoms with Crippen LogP contribution in [0.15, 0.2) is 23.4 Å². The quantitative estimate of drug-likeness (QED) is 0.867. The summed E-state index contributed by atoms with van der Waals surface area (Å²) in [7, 11) is 0. The molecule has 0 fully saturated rings. The summed E-state index contributed by atoms with van der Waals surface area (Å²) in [6, 6.07) is 7.79. The molecule has 0 N–H and O–H groups in total. The number of hydrogen-bond acceptors (Lipinski definition) is 4. The first-order valence-electron chi connectivity index (χ1n) is 6.61. The van der Waals surface area contributed by atoms with Gasteiger partial charge in [0.25, 0.3) is 0 Å². The molecule has 6 heteroatoms. The number of thioether (sulfide) groups is 1. The average Bonchev–Trinajstić information content (AvgIpc) is 2.99. The SMILES string of the molecule is Cc1cc(OCC2Cn3c(nc(C#N)c3C)S2)ccc1Cl. The second-order valence-electron chi connectivity index (χ2n) is 5.01. The Morgan fingerprint density at radius 3 is 3.00 bits per heavy atom. The maximum Gasteiger partial charge on any atom is 0.170 e. The lowest BCUT2D eigenvalue weighted by molar-refractivity contribution is 0.309. The van der Waals surface area contributed by atoms with Crippen LogP contribution in [0.25, 0.3) is 0 Å². The molecule has 0 amide bonds. The highest BCUT2D eigenvalue weighted by Gasteiger charge is 2.27. The number of halogens is 1. The van der Waals surface area contributed by atoms with Gasteiger partial charge in [-0.05, 0) is 37.6 Å². The minimum Gasteiger partial charge on any atom is -0.492 e. The highest BCUT2D eigenvalue weighted by Crippen LogP contribution is 2.34. The molecule has 1 aliphatic heterocycles.